The van der Waals surface area contributed by atoms with Crippen molar-refractivity contribution >= 4 is 0 Å². The first-order valence-corrected chi connectivity index (χ1v) is 10.1. The molecular formula is C21H44. The van der Waals surface area contributed by atoms with E-state index in [4.69, 9.17) is 0 Å². The molecular weight excluding hydrogens is 252 g/mol. The Balaban J connectivity index is 3.44. The highest BCUT2D eigenvalue weighted by atomic mass is 14.2. The van der Waals surface area contributed by atoms with E-state index < -0.39 is 0 Å². The highest BCUT2D eigenvalue weighted by molar-refractivity contribution is 4.64. The minimum atomic E-state index is 0.872. The van der Waals surface area contributed by atoms with Crippen LogP contribution in [0.4, 0.5) is 0 Å². The van der Waals surface area contributed by atoms with Crippen LogP contribution >= 0.6 is 0 Å². The van der Waals surface area contributed by atoms with E-state index in [-0.39, 0.29) is 0 Å². The van der Waals surface area contributed by atoms with Crippen molar-refractivity contribution in [3.63, 3.8) is 0 Å². The monoisotopic (exact) mass is 296 g/mol. The summed E-state index contributed by atoms with van der Waals surface area (Å²) in [4.78, 5) is 0. The molecule has 21 heavy (non-hydrogen) atoms. The van der Waals surface area contributed by atoms with Gasteiger partial charge in [-0.2, -0.15) is 0 Å². The molecule has 0 fully saturated rings. The van der Waals surface area contributed by atoms with Gasteiger partial charge in [0.05, 0.1) is 0 Å². The standard InChI is InChI=1S/C21H44/c1-6-7-8-9-10-11-12-13-14-15-16-21(17-19(2)3)18-20(4)5/h19-21H,6-18H2,1-5H3. The fraction of sp³-hybridized carbons (Fsp3) is 1.00. The second-order valence-corrected chi connectivity index (χ2v) is 8.10. The Morgan fingerprint density at radius 2 is 0.905 bits per heavy atom. The second-order valence-electron chi connectivity index (χ2n) is 8.10. The Hall–Kier alpha value is 0. The molecule has 0 aliphatic rings. The van der Waals surface area contributed by atoms with Gasteiger partial charge in [0.25, 0.3) is 0 Å². The summed E-state index contributed by atoms with van der Waals surface area (Å²) in [6.07, 6.45) is 18.9. The Kier molecular flexibility index (Phi) is 14.9. The van der Waals surface area contributed by atoms with Gasteiger partial charge in [-0.05, 0) is 30.6 Å². The van der Waals surface area contributed by atoms with Crippen molar-refractivity contribution in [2.45, 2.75) is 118 Å². The van der Waals surface area contributed by atoms with Gasteiger partial charge in [0.15, 0.2) is 0 Å². The molecule has 128 valence electrons. The van der Waals surface area contributed by atoms with Crippen molar-refractivity contribution in [1.82, 2.24) is 0 Å². The molecule has 0 saturated carbocycles. The van der Waals surface area contributed by atoms with Crippen LogP contribution in [0.1, 0.15) is 118 Å². The lowest BCUT2D eigenvalue weighted by atomic mass is 9.85. The van der Waals surface area contributed by atoms with E-state index in [2.05, 4.69) is 34.6 Å². The molecule has 0 radical (unpaired) electrons. The van der Waals surface area contributed by atoms with Crippen molar-refractivity contribution in [3.05, 3.63) is 0 Å². The second kappa shape index (κ2) is 14.9. The summed E-state index contributed by atoms with van der Waals surface area (Å²) in [5.41, 5.74) is 0. The highest BCUT2D eigenvalue weighted by Crippen LogP contribution is 2.25. The third-order valence-electron chi connectivity index (χ3n) is 4.58. The average Bonchev–Trinajstić information content (AvgIpc) is 2.39. The summed E-state index contributed by atoms with van der Waals surface area (Å²) < 4.78 is 0. The van der Waals surface area contributed by atoms with Gasteiger partial charge in [-0.1, -0.05) is 105 Å². The summed E-state index contributed by atoms with van der Waals surface area (Å²) in [5.74, 6) is 2.73. The smallest absolute Gasteiger partial charge is 0.0409 e. The van der Waals surface area contributed by atoms with Gasteiger partial charge in [0.1, 0.15) is 0 Å². The fourth-order valence-electron chi connectivity index (χ4n) is 3.59. The Labute approximate surface area is 136 Å². The SMILES string of the molecule is CCCCCCCCCCCCC(CC(C)C)CC(C)C. The van der Waals surface area contributed by atoms with Gasteiger partial charge in [-0.25, -0.2) is 0 Å². The summed E-state index contributed by atoms with van der Waals surface area (Å²) in [6, 6.07) is 0. The molecule has 0 bridgehead atoms. The molecule has 0 saturated heterocycles. The van der Waals surface area contributed by atoms with E-state index in [9.17, 15) is 0 Å². The average molecular weight is 297 g/mol. The Bertz CT molecular complexity index is 182. The van der Waals surface area contributed by atoms with Crippen LogP contribution in [0.5, 0.6) is 0 Å². The first-order chi connectivity index (χ1) is 10.1. The Morgan fingerprint density at radius 1 is 0.524 bits per heavy atom. The van der Waals surface area contributed by atoms with Crippen LogP contribution in [0.2, 0.25) is 0 Å². The summed E-state index contributed by atoms with van der Waals surface area (Å²) in [7, 11) is 0. The molecule has 0 rings (SSSR count). The maximum Gasteiger partial charge on any atom is -0.0409 e. The largest absolute Gasteiger partial charge is 0.0654 e. The van der Waals surface area contributed by atoms with E-state index in [0.29, 0.717) is 0 Å². The molecule has 0 aromatic heterocycles. The first kappa shape index (κ1) is 21.0. The lowest BCUT2D eigenvalue weighted by molar-refractivity contribution is 0.315. The zero-order valence-electron chi connectivity index (χ0n) is 15.9. The van der Waals surface area contributed by atoms with Gasteiger partial charge in [0, 0.05) is 0 Å². The molecule has 0 amide bonds. The number of unbranched alkanes of at least 4 members (excludes halogenated alkanes) is 9. The van der Waals surface area contributed by atoms with E-state index in [1.54, 1.807) is 0 Å². The minimum Gasteiger partial charge on any atom is -0.0654 e. The van der Waals surface area contributed by atoms with Crippen LogP contribution in [0, 0.1) is 17.8 Å². The van der Waals surface area contributed by atoms with E-state index in [0.717, 1.165) is 17.8 Å². The molecule has 0 spiro atoms. The molecule has 0 nitrogen and oxygen atoms in total. The molecule has 0 N–H and O–H groups in total. The Morgan fingerprint density at radius 3 is 1.29 bits per heavy atom. The summed E-state index contributed by atoms with van der Waals surface area (Å²) >= 11 is 0. The van der Waals surface area contributed by atoms with Crippen molar-refractivity contribution in [3.8, 4) is 0 Å². The normalized spacial score (nSPS) is 12.0. The molecule has 0 aromatic carbocycles. The maximum atomic E-state index is 2.38. The zero-order chi connectivity index (χ0) is 15.9. The van der Waals surface area contributed by atoms with Gasteiger partial charge in [-0.3, -0.25) is 0 Å². The van der Waals surface area contributed by atoms with E-state index in [1.165, 1.54) is 83.5 Å². The van der Waals surface area contributed by atoms with Crippen LogP contribution in [0.15, 0.2) is 0 Å². The molecule has 0 aliphatic carbocycles. The predicted molar refractivity (Wildman–Crippen MR) is 98.9 cm³/mol. The quantitative estimate of drug-likeness (QED) is 0.268. The van der Waals surface area contributed by atoms with Crippen LogP contribution < -0.4 is 0 Å². The first-order valence-electron chi connectivity index (χ1n) is 10.1. The molecule has 0 unspecified atom stereocenters. The highest BCUT2D eigenvalue weighted by Gasteiger charge is 2.12. The van der Waals surface area contributed by atoms with E-state index in [1.807, 2.05) is 0 Å². The predicted octanol–water partition coefficient (Wildman–Crippen LogP) is 8.01. The van der Waals surface area contributed by atoms with Gasteiger partial charge < -0.3 is 0 Å². The van der Waals surface area contributed by atoms with Crippen LogP contribution in [-0.4, -0.2) is 0 Å². The fourth-order valence-corrected chi connectivity index (χ4v) is 3.59. The molecule has 0 heterocycles. The molecule has 0 atom stereocenters. The van der Waals surface area contributed by atoms with Crippen LogP contribution in [0.25, 0.3) is 0 Å². The lowest BCUT2D eigenvalue weighted by Crippen LogP contribution is -2.08. The summed E-state index contributed by atoms with van der Waals surface area (Å²) in [6.45, 7) is 11.8. The number of hydrogen-bond donors (Lipinski definition) is 0. The molecule has 0 heteroatoms. The van der Waals surface area contributed by atoms with Crippen LogP contribution in [-0.2, 0) is 0 Å². The summed E-state index contributed by atoms with van der Waals surface area (Å²) in [5, 5.41) is 0. The number of rotatable bonds is 15. The maximum absolute atomic E-state index is 2.38. The van der Waals surface area contributed by atoms with Crippen LogP contribution in [0.3, 0.4) is 0 Å². The third-order valence-corrected chi connectivity index (χ3v) is 4.58. The van der Waals surface area contributed by atoms with Crippen molar-refractivity contribution < 1.29 is 0 Å². The van der Waals surface area contributed by atoms with Crippen molar-refractivity contribution in [2.75, 3.05) is 0 Å². The van der Waals surface area contributed by atoms with Crippen molar-refractivity contribution in [2.24, 2.45) is 17.8 Å². The van der Waals surface area contributed by atoms with E-state index >= 15 is 0 Å². The lowest BCUT2D eigenvalue weighted by Gasteiger charge is -2.21. The van der Waals surface area contributed by atoms with Gasteiger partial charge >= 0.3 is 0 Å². The van der Waals surface area contributed by atoms with Crippen molar-refractivity contribution in [1.29, 1.82) is 0 Å². The third kappa shape index (κ3) is 16.2. The number of hydrogen-bond acceptors (Lipinski definition) is 0. The van der Waals surface area contributed by atoms with Gasteiger partial charge in [-0.15, -0.1) is 0 Å². The zero-order valence-corrected chi connectivity index (χ0v) is 15.9. The molecule has 0 aromatic rings. The topological polar surface area (TPSA) is 0 Å². The molecule has 0 aliphatic heterocycles. The van der Waals surface area contributed by atoms with Gasteiger partial charge in [0.2, 0.25) is 0 Å². The minimum absolute atomic E-state index is 0.872.